The molecule has 3 nitrogen and oxygen atoms in total. The molecule has 0 radical (unpaired) electrons. The molecule has 1 heterocycles. The van der Waals surface area contributed by atoms with Gasteiger partial charge in [-0.25, -0.2) is 0 Å². The Hall–Kier alpha value is -1.06. The van der Waals surface area contributed by atoms with Crippen molar-refractivity contribution in [3.63, 3.8) is 0 Å². The van der Waals surface area contributed by atoms with Gasteiger partial charge in [0.1, 0.15) is 18.5 Å². The van der Waals surface area contributed by atoms with Crippen molar-refractivity contribution in [2.24, 2.45) is 5.73 Å². The lowest BCUT2D eigenvalue weighted by Gasteiger charge is -2.28. The van der Waals surface area contributed by atoms with E-state index in [0.29, 0.717) is 6.61 Å². The molecular weight excluding hydrogens is 226 g/mol. The maximum Gasteiger partial charge on any atom is 0.119 e. The largest absolute Gasteiger partial charge is 0.491 e. The molecule has 0 bridgehead atoms. The number of nitrogens with two attached hydrogens (primary N) is 1. The van der Waals surface area contributed by atoms with E-state index in [1.807, 2.05) is 0 Å². The molecule has 1 saturated carbocycles. The normalized spacial score (nSPS) is 28.1. The second kappa shape index (κ2) is 5.29. The van der Waals surface area contributed by atoms with Crippen molar-refractivity contribution in [3.8, 4) is 5.75 Å². The molecule has 2 atom stereocenters. The summed E-state index contributed by atoms with van der Waals surface area (Å²) in [7, 11) is 0. The number of hydrogen-bond donors (Lipinski definition) is 1. The summed E-state index contributed by atoms with van der Waals surface area (Å²) in [4.78, 5) is 0. The van der Waals surface area contributed by atoms with Crippen molar-refractivity contribution in [1.29, 1.82) is 0 Å². The third-order valence-corrected chi connectivity index (χ3v) is 3.83. The fourth-order valence-electron chi connectivity index (χ4n) is 2.47. The van der Waals surface area contributed by atoms with Gasteiger partial charge in [0, 0.05) is 12.6 Å². The highest BCUT2D eigenvalue weighted by Crippen LogP contribution is 2.40. The van der Waals surface area contributed by atoms with Gasteiger partial charge < -0.3 is 15.2 Å². The van der Waals surface area contributed by atoms with Crippen LogP contribution in [-0.2, 0) is 4.74 Å². The summed E-state index contributed by atoms with van der Waals surface area (Å²) in [5, 5.41) is 0. The van der Waals surface area contributed by atoms with E-state index in [-0.39, 0.29) is 12.1 Å². The molecule has 98 valence electrons. The third-order valence-electron chi connectivity index (χ3n) is 3.83. The zero-order valence-electron chi connectivity index (χ0n) is 10.7. The van der Waals surface area contributed by atoms with Gasteiger partial charge in [-0.1, -0.05) is 12.1 Å². The molecular formula is C15H21NO2. The average molecular weight is 247 g/mol. The van der Waals surface area contributed by atoms with E-state index in [1.165, 1.54) is 18.4 Å². The minimum Gasteiger partial charge on any atom is -0.491 e. The Bertz CT molecular complexity index is 386. The molecule has 0 amide bonds. The van der Waals surface area contributed by atoms with E-state index in [1.54, 1.807) is 0 Å². The fraction of sp³-hybridized carbons (Fsp3) is 0.600. The summed E-state index contributed by atoms with van der Waals surface area (Å²) < 4.78 is 11.4. The van der Waals surface area contributed by atoms with E-state index >= 15 is 0 Å². The summed E-state index contributed by atoms with van der Waals surface area (Å²) in [6.07, 6.45) is 4.82. The van der Waals surface area contributed by atoms with Crippen LogP contribution >= 0.6 is 0 Å². The smallest absolute Gasteiger partial charge is 0.119 e. The van der Waals surface area contributed by atoms with Gasteiger partial charge in [-0.2, -0.15) is 0 Å². The Morgan fingerprint density at radius 2 is 1.94 bits per heavy atom. The molecule has 1 saturated heterocycles. The molecule has 2 unspecified atom stereocenters. The lowest BCUT2D eigenvalue weighted by atomic mass is 10.0. The third kappa shape index (κ3) is 2.85. The average Bonchev–Trinajstić information content (AvgIpc) is 3.23. The maximum atomic E-state index is 6.01. The van der Waals surface area contributed by atoms with Crippen LogP contribution in [0.3, 0.4) is 0 Å². The van der Waals surface area contributed by atoms with Crippen LogP contribution in [0.1, 0.15) is 37.2 Å². The first-order valence-electron chi connectivity index (χ1n) is 6.93. The Kier molecular flexibility index (Phi) is 3.52. The zero-order chi connectivity index (χ0) is 12.4. The molecule has 3 heteroatoms. The lowest BCUT2D eigenvalue weighted by Crippen LogP contribution is -2.44. The van der Waals surface area contributed by atoms with Crippen molar-refractivity contribution >= 4 is 0 Å². The first-order valence-corrected chi connectivity index (χ1v) is 6.93. The van der Waals surface area contributed by atoms with Crippen LogP contribution in [-0.4, -0.2) is 25.4 Å². The van der Waals surface area contributed by atoms with Gasteiger partial charge in [-0.3, -0.25) is 0 Å². The molecule has 2 fully saturated rings. The number of benzene rings is 1. The van der Waals surface area contributed by atoms with Crippen molar-refractivity contribution in [1.82, 2.24) is 0 Å². The Morgan fingerprint density at radius 1 is 1.17 bits per heavy atom. The first-order chi connectivity index (χ1) is 8.83. The summed E-state index contributed by atoms with van der Waals surface area (Å²) in [5.41, 5.74) is 7.45. The highest BCUT2D eigenvalue weighted by atomic mass is 16.5. The first kappa shape index (κ1) is 12.0. The summed E-state index contributed by atoms with van der Waals surface area (Å²) >= 11 is 0. The van der Waals surface area contributed by atoms with Gasteiger partial charge in [-0.15, -0.1) is 0 Å². The summed E-state index contributed by atoms with van der Waals surface area (Å²) in [6, 6.07) is 8.58. The number of rotatable bonds is 4. The van der Waals surface area contributed by atoms with Crippen molar-refractivity contribution in [2.45, 2.75) is 43.7 Å². The van der Waals surface area contributed by atoms with Gasteiger partial charge >= 0.3 is 0 Å². The van der Waals surface area contributed by atoms with Gasteiger partial charge in [-0.05, 0) is 49.3 Å². The minimum atomic E-state index is 0.0434. The van der Waals surface area contributed by atoms with Gasteiger partial charge in [0.2, 0.25) is 0 Å². The molecule has 2 N–H and O–H groups in total. The topological polar surface area (TPSA) is 44.5 Å². The SMILES string of the molecule is NC1CCCOC1COc1ccc(C2CC2)cc1. The molecule has 1 aromatic rings. The summed E-state index contributed by atoms with van der Waals surface area (Å²) in [6.45, 7) is 1.37. The standard InChI is InChI=1S/C15H21NO2/c16-14-2-1-9-17-15(14)10-18-13-7-5-12(6-8-13)11-3-4-11/h5-8,11,14-15H,1-4,9-10,16H2. The monoisotopic (exact) mass is 247 g/mol. The van der Waals surface area contributed by atoms with Crippen molar-refractivity contribution in [2.75, 3.05) is 13.2 Å². The Balaban J connectivity index is 1.52. The Labute approximate surface area is 108 Å². The molecule has 1 aliphatic heterocycles. The highest BCUT2D eigenvalue weighted by molar-refractivity contribution is 5.31. The maximum absolute atomic E-state index is 6.01. The van der Waals surface area contributed by atoms with Crippen LogP contribution in [0.15, 0.2) is 24.3 Å². The lowest BCUT2D eigenvalue weighted by molar-refractivity contribution is -0.0239. The molecule has 1 aliphatic carbocycles. The predicted molar refractivity (Wildman–Crippen MR) is 70.9 cm³/mol. The molecule has 0 spiro atoms. The zero-order valence-corrected chi connectivity index (χ0v) is 10.7. The fourth-order valence-corrected chi connectivity index (χ4v) is 2.47. The van der Waals surface area contributed by atoms with Gasteiger partial charge in [0.15, 0.2) is 0 Å². The predicted octanol–water partition coefficient (Wildman–Crippen LogP) is 2.45. The van der Waals surface area contributed by atoms with Crippen LogP contribution < -0.4 is 10.5 Å². The molecule has 18 heavy (non-hydrogen) atoms. The van der Waals surface area contributed by atoms with Gasteiger partial charge in [0.25, 0.3) is 0 Å². The van der Waals surface area contributed by atoms with Crippen molar-refractivity contribution < 1.29 is 9.47 Å². The second-order valence-electron chi connectivity index (χ2n) is 5.37. The highest BCUT2D eigenvalue weighted by Gasteiger charge is 2.24. The molecule has 3 rings (SSSR count). The molecule has 2 aliphatic rings. The van der Waals surface area contributed by atoms with E-state index in [4.69, 9.17) is 15.2 Å². The van der Waals surface area contributed by atoms with Crippen LogP contribution in [0, 0.1) is 0 Å². The molecule has 1 aromatic carbocycles. The van der Waals surface area contributed by atoms with Crippen LogP contribution in [0.2, 0.25) is 0 Å². The van der Waals surface area contributed by atoms with E-state index < -0.39 is 0 Å². The number of ether oxygens (including phenoxy) is 2. The second-order valence-corrected chi connectivity index (χ2v) is 5.37. The van der Waals surface area contributed by atoms with Crippen LogP contribution in [0.5, 0.6) is 5.75 Å². The van der Waals surface area contributed by atoms with Gasteiger partial charge in [0.05, 0.1) is 0 Å². The summed E-state index contributed by atoms with van der Waals surface area (Å²) in [5.74, 6) is 1.72. The van der Waals surface area contributed by atoms with Crippen molar-refractivity contribution in [3.05, 3.63) is 29.8 Å². The quantitative estimate of drug-likeness (QED) is 0.888. The van der Waals surface area contributed by atoms with Crippen LogP contribution in [0.4, 0.5) is 0 Å². The van der Waals surface area contributed by atoms with E-state index in [9.17, 15) is 0 Å². The minimum absolute atomic E-state index is 0.0434. The number of hydrogen-bond acceptors (Lipinski definition) is 3. The van der Waals surface area contributed by atoms with E-state index in [2.05, 4.69) is 24.3 Å². The van der Waals surface area contributed by atoms with E-state index in [0.717, 1.165) is 31.1 Å². The Morgan fingerprint density at radius 3 is 2.61 bits per heavy atom. The van der Waals surface area contributed by atoms with Crippen LogP contribution in [0.25, 0.3) is 0 Å². The molecule has 0 aromatic heterocycles.